The summed E-state index contributed by atoms with van der Waals surface area (Å²) in [6.45, 7) is -1.50. The standard InChI is InChI=1S/C22H23F2NO5/c1-15(17-7-5-4-6-8-17)25(2)20(26)14-29-21(27)12-10-16-9-11-18(30-22(23)24)19(13-16)28-3/h4-13,15,22H,14H2,1-3H3. The Bertz CT molecular complexity index is 886. The molecule has 2 rings (SSSR count). The first-order valence-corrected chi connectivity index (χ1v) is 9.10. The number of nitrogens with zero attached hydrogens (tertiary/aromatic N) is 1. The fraction of sp³-hybridized carbons (Fsp3) is 0.273. The van der Waals surface area contributed by atoms with Crippen LogP contribution in [0.25, 0.3) is 6.08 Å². The number of ether oxygens (including phenoxy) is 3. The summed E-state index contributed by atoms with van der Waals surface area (Å²) in [4.78, 5) is 25.7. The van der Waals surface area contributed by atoms with Crippen LogP contribution in [0.15, 0.2) is 54.6 Å². The van der Waals surface area contributed by atoms with E-state index in [1.807, 2.05) is 37.3 Å². The molecule has 0 heterocycles. The number of likely N-dealkylation sites (N-methyl/N-ethyl adjacent to an activating group) is 1. The zero-order chi connectivity index (χ0) is 22.1. The molecule has 0 saturated heterocycles. The highest BCUT2D eigenvalue weighted by Gasteiger charge is 2.18. The SMILES string of the molecule is COc1cc(C=CC(=O)OCC(=O)N(C)C(C)c2ccccc2)ccc1OC(F)F. The topological polar surface area (TPSA) is 65.1 Å². The van der Waals surface area contributed by atoms with Gasteiger partial charge in [-0.3, -0.25) is 4.79 Å². The highest BCUT2D eigenvalue weighted by Crippen LogP contribution is 2.29. The van der Waals surface area contributed by atoms with Crippen LogP contribution < -0.4 is 9.47 Å². The van der Waals surface area contributed by atoms with Crippen molar-refractivity contribution in [1.82, 2.24) is 4.90 Å². The van der Waals surface area contributed by atoms with Gasteiger partial charge < -0.3 is 19.1 Å². The van der Waals surface area contributed by atoms with Gasteiger partial charge >= 0.3 is 12.6 Å². The molecule has 30 heavy (non-hydrogen) atoms. The minimum atomic E-state index is -2.98. The van der Waals surface area contributed by atoms with E-state index >= 15 is 0 Å². The molecule has 1 atom stereocenters. The van der Waals surface area contributed by atoms with E-state index in [0.29, 0.717) is 5.56 Å². The average molecular weight is 419 g/mol. The summed E-state index contributed by atoms with van der Waals surface area (Å²) >= 11 is 0. The van der Waals surface area contributed by atoms with Gasteiger partial charge in [-0.25, -0.2) is 4.79 Å². The third kappa shape index (κ3) is 6.58. The number of hydrogen-bond donors (Lipinski definition) is 0. The number of hydrogen-bond acceptors (Lipinski definition) is 5. The molecule has 0 saturated carbocycles. The predicted molar refractivity (Wildman–Crippen MR) is 107 cm³/mol. The highest BCUT2D eigenvalue weighted by molar-refractivity contribution is 5.89. The number of esters is 1. The van der Waals surface area contributed by atoms with Gasteiger partial charge in [-0.1, -0.05) is 36.4 Å². The van der Waals surface area contributed by atoms with E-state index in [-0.39, 0.29) is 23.4 Å². The van der Waals surface area contributed by atoms with Crippen molar-refractivity contribution >= 4 is 18.0 Å². The van der Waals surface area contributed by atoms with Crippen LogP contribution in [0.3, 0.4) is 0 Å². The molecule has 0 N–H and O–H groups in total. The number of carbonyl (C=O) groups is 2. The first-order chi connectivity index (χ1) is 14.3. The van der Waals surface area contributed by atoms with Gasteiger partial charge in [-0.05, 0) is 36.3 Å². The lowest BCUT2D eigenvalue weighted by molar-refractivity contribution is -0.148. The molecule has 0 bridgehead atoms. The maximum atomic E-state index is 12.4. The third-order valence-corrected chi connectivity index (χ3v) is 4.41. The van der Waals surface area contributed by atoms with Crippen molar-refractivity contribution < 1.29 is 32.6 Å². The number of halogens is 2. The van der Waals surface area contributed by atoms with Crippen LogP contribution in [0, 0.1) is 0 Å². The number of rotatable bonds is 9. The van der Waals surface area contributed by atoms with Crippen LogP contribution in [0.4, 0.5) is 8.78 Å². The van der Waals surface area contributed by atoms with Crippen LogP contribution in [-0.4, -0.2) is 44.2 Å². The van der Waals surface area contributed by atoms with Crippen LogP contribution in [0.5, 0.6) is 11.5 Å². The number of carbonyl (C=O) groups excluding carboxylic acids is 2. The summed E-state index contributed by atoms with van der Waals surface area (Å²) in [6, 6.07) is 13.5. The van der Waals surface area contributed by atoms with Crippen LogP contribution in [-0.2, 0) is 14.3 Å². The molecule has 8 heteroatoms. The Morgan fingerprint density at radius 2 is 1.80 bits per heavy atom. The summed E-state index contributed by atoms with van der Waals surface area (Å²) in [5.41, 5.74) is 1.47. The average Bonchev–Trinajstić information content (AvgIpc) is 2.75. The molecule has 0 fully saturated rings. The zero-order valence-corrected chi connectivity index (χ0v) is 16.9. The minimum absolute atomic E-state index is 0.0949. The fourth-order valence-corrected chi connectivity index (χ4v) is 2.60. The molecule has 0 aliphatic heterocycles. The van der Waals surface area contributed by atoms with Crippen molar-refractivity contribution in [1.29, 1.82) is 0 Å². The van der Waals surface area contributed by atoms with Crippen LogP contribution in [0.1, 0.15) is 24.1 Å². The highest BCUT2D eigenvalue weighted by atomic mass is 19.3. The van der Waals surface area contributed by atoms with Crippen molar-refractivity contribution in [3.63, 3.8) is 0 Å². The van der Waals surface area contributed by atoms with E-state index in [1.165, 1.54) is 36.3 Å². The monoisotopic (exact) mass is 419 g/mol. The first kappa shape index (κ1) is 22.9. The third-order valence-electron chi connectivity index (χ3n) is 4.41. The Hall–Kier alpha value is -3.42. The second-order valence-corrected chi connectivity index (χ2v) is 6.32. The summed E-state index contributed by atoms with van der Waals surface area (Å²) in [7, 11) is 2.95. The normalized spacial score (nSPS) is 11.9. The van der Waals surface area contributed by atoms with Gasteiger partial charge in [0.2, 0.25) is 0 Å². The molecule has 1 amide bonds. The number of alkyl halides is 2. The van der Waals surface area contributed by atoms with Crippen LogP contribution >= 0.6 is 0 Å². The molecule has 160 valence electrons. The Morgan fingerprint density at radius 1 is 1.10 bits per heavy atom. The minimum Gasteiger partial charge on any atom is -0.493 e. The molecule has 0 aromatic heterocycles. The van der Waals surface area contributed by atoms with Gasteiger partial charge in [-0.15, -0.1) is 0 Å². The molecule has 1 unspecified atom stereocenters. The fourth-order valence-electron chi connectivity index (χ4n) is 2.60. The van der Waals surface area contributed by atoms with Gasteiger partial charge in [0.25, 0.3) is 5.91 Å². The van der Waals surface area contributed by atoms with Gasteiger partial charge in [0, 0.05) is 13.1 Å². The predicted octanol–water partition coefficient (Wildman–Crippen LogP) is 4.07. The van der Waals surface area contributed by atoms with Crippen molar-refractivity contribution in [2.75, 3.05) is 20.8 Å². The van der Waals surface area contributed by atoms with Crippen molar-refractivity contribution in [3.8, 4) is 11.5 Å². The van der Waals surface area contributed by atoms with Crippen molar-refractivity contribution in [2.24, 2.45) is 0 Å². The lowest BCUT2D eigenvalue weighted by Crippen LogP contribution is -2.33. The summed E-state index contributed by atoms with van der Waals surface area (Å²) in [6.07, 6.45) is 2.55. The van der Waals surface area contributed by atoms with Crippen molar-refractivity contribution in [3.05, 3.63) is 65.7 Å². The smallest absolute Gasteiger partial charge is 0.387 e. The Labute approximate surface area is 173 Å². The molecule has 0 aliphatic rings. The lowest BCUT2D eigenvalue weighted by atomic mass is 10.1. The van der Waals surface area contributed by atoms with Gasteiger partial charge in [0.15, 0.2) is 18.1 Å². The van der Waals surface area contributed by atoms with E-state index in [4.69, 9.17) is 9.47 Å². The Kier molecular flexibility index (Phi) is 8.34. The second-order valence-electron chi connectivity index (χ2n) is 6.32. The summed E-state index contributed by atoms with van der Waals surface area (Å²) < 4.78 is 39.1. The largest absolute Gasteiger partial charge is 0.493 e. The molecule has 0 radical (unpaired) electrons. The van der Waals surface area contributed by atoms with E-state index < -0.39 is 19.2 Å². The molecule has 0 spiro atoms. The quantitative estimate of drug-likeness (QED) is 0.453. The summed E-state index contributed by atoms with van der Waals surface area (Å²) in [5, 5.41) is 0. The molecular formula is C22H23F2NO5. The first-order valence-electron chi connectivity index (χ1n) is 9.10. The van der Waals surface area contributed by atoms with E-state index in [9.17, 15) is 18.4 Å². The summed E-state index contributed by atoms with van der Waals surface area (Å²) in [5.74, 6) is -1.08. The van der Waals surface area contributed by atoms with Gasteiger partial charge in [0.1, 0.15) is 0 Å². The Morgan fingerprint density at radius 3 is 2.43 bits per heavy atom. The molecular weight excluding hydrogens is 396 g/mol. The van der Waals surface area contributed by atoms with Gasteiger partial charge in [-0.2, -0.15) is 8.78 Å². The second kappa shape index (κ2) is 10.9. The molecule has 2 aromatic rings. The maximum absolute atomic E-state index is 12.4. The number of amides is 1. The zero-order valence-electron chi connectivity index (χ0n) is 16.9. The Balaban J connectivity index is 1.90. The van der Waals surface area contributed by atoms with Crippen LogP contribution in [0.2, 0.25) is 0 Å². The molecule has 6 nitrogen and oxygen atoms in total. The van der Waals surface area contributed by atoms with Crippen molar-refractivity contribution in [2.45, 2.75) is 19.6 Å². The van der Waals surface area contributed by atoms with Gasteiger partial charge in [0.05, 0.1) is 13.2 Å². The number of methoxy groups -OCH3 is 1. The molecule has 2 aromatic carbocycles. The number of benzene rings is 2. The lowest BCUT2D eigenvalue weighted by Gasteiger charge is -2.25. The molecule has 0 aliphatic carbocycles. The van der Waals surface area contributed by atoms with E-state index in [2.05, 4.69) is 4.74 Å². The van der Waals surface area contributed by atoms with E-state index in [0.717, 1.165) is 11.6 Å². The maximum Gasteiger partial charge on any atom is 0.387 e. The van der Waals surface area contributed by atoms with E-state index in [1.54, 1.807) is 7.05 Å².